The second-order valence-electron chi connectivity index (χ2n) is 7.72. The van der Waals surface area contributed by atoms with E-state index in [1.165, 1.54) is 11.0 Å². The summed E-state index contributed by atoms with van der Waals surface area (Å²) in [7, 11) is 0. The highest BCUT2D eigenvalue weighted by Crippen LogP contribution is 2.34. The lowest BCUT2D eigenvalue weighted by molar-refractivity contribution is 0.0116. The summed E-state index contributed by atoms with van der Waals surface area (Å²) in [5.74, 6) is -0.819. The highest BCUT2D eigenvalue weighted by Gasteiger charge is 2.38. The van der Waals surface area contributed by atoms with Gasteiger partial charge in [0.2, 0.25) is 0 Å². The predicted octanol–water partition coefficient (Wildman–Crippen LogP) is 3.01. The summed E-state index contributed by atoms with van der Waals surface area (Å²) in [6.45, 7) is 0.436. The molecule has 1 aliphatic heterocycles. The van der Waals surface area contributed by atoms with Crippen molar-refractivity contribution in [1.82, 2.24) is 4.90 Å². The molecule has 0 radical (unpaired) electrons. The Morgan fingerprint density at radius 2 is 2.03 bits per heavy atom. The zero-order valence-corrected chi connectivity index (χ0v) is 16.7. The van der Waals surface area contributed by atoms with Gasteiger partial charge in [-0.25, -0.2) is 4.39 Å². The van der Waals surface area contributed by atoms with Crippen molar-refractivity contribution in [2.75, 3.05) is 18.6 Å². The van der Waals surface area contributed by atoms with Crippen LogP contribution < -0.4 is 15.8 Å². The van der Waals surface area contributed by atoms with Gasteiger partial charge in [0.25, 0.3) is 5.91 Å². The van der Waals surface area contributed by atoms with Crippen LogP contribution in [0.4, 0.5) is 10.1 Å². The first-order chi connectivity index (χ1) is 14.6. The third kappa shape index (κ3) is 4.17. The predicted molar refractivity (Wildman–Crippen MR) is 113 cm³/mol. The highest BCUT2D eigenvalue weighted by atomic mass is 19.1. The number of hydrogen-bond acceptors (Lipinski definition) is 5. The first-order valence-electron chi connectivity index (χ1n) is 10.2. The molecule has 1 amide bonds. The Balaban J connectivity index is 1.52. The third-order valence-electron chi connectivity index (χ3n) is 5.65. The number of nitrogens with zero attached hydrogens (tertiary/aromatic N) is 1. The van der Waals surface area contributed by atoms with Crippen LogP contribution in [0.3, 0.4) is 0 Å². The van der Waals surface area contributed by atoms with Crippen molar-refractivity contribution < 1.29 is 19.0 Å². The van der Waals surface area contributed by atoms with Crippen molar-refractivity contribution in [1.29, 1.82) is 0 Å². The van der Waals surface area contributed by atoms with Gasteiger partial charge in [-0.3, -0.25) is 9.69 Å². The van der Waals surface area contributed by atoms with Gasteiger partial charge in [-0.05, 0) is 67.3 Å². The number of anilines is 1. The number of amides is 1. The van der Waals surface area contributed by atoms with E-state index < -0.39 is 11.9 Å². The summed E-state index contributed by atoms with van der Waals surface area (Å²) in [6, 6.07) is 10.6. The first-order valence-corrected chi connectivity index (χ1v) is 10.2. The van der Waals surface area contributed by atoms with Crippen LogP contribution in [-0.2, 0) is 6.42 Å². The summed E-state index contributed by atoms with van der Waals surface area (Å²) in [6.07, 6.45) is 5.80. The molecule has 1 fully saturated rings. The van der Waals surface area contributed by atoms with Gasteiger partial charge in [-0.15, -0.1) is 0 Å². The molecule has 6 nitrogen and oxygen atoms in total. The van der Waals surface area contributed by atoms with Crippen molar-refractivity contribution in [2.45, 2.75) is 37.8 Å². The topological polar surface area (TPSA) is 87.8 Å². The molecule has 1 saturated carbocycles. The first kappa shape index (κ1) is 20.4. The maximum Gasteiger partial charge on any atom is 0.260 e. The lowest BCUT2D eigenvalue weighted by Crippen LogP contribution is -2.48. The van der Waals surface area contributed by atoms with Gasteiger partial charge in [0.1, 0.15) is 0 Å². The van der Waals surface area contributed by atoms with Crippen LogP contribution in [0.15, 0.2) is 48.7 Å². The minimum absolute atomic E-state index is 0.00118. The molecule has 0 spiro atoms. The molecule has 2 aromatic carbocycles. The average Bonchev–Trinajstić information content (AvgIpc) is 3.16. The van der Waals surface area contributed by atoms with Crippen molar-refractivity contribution in [3.63, 3.8) is 0 Å². The second kappa shape index (κ2) is 8.85. The third-order valence-corrected chi connectivity index (χ3v) is 5.65. The van der Waals surface area contributed by atoms with Crippen LogP contribution in [0.2, 0.25) is 0 Å². The number of benzene rings is 2. The number of nitrogens with two attached hydrogens (primary N) is 1. The molecular formula is C23H26FN3O3. The van der Waals surface area contributed by atoms with Crippen molar-refractivity contribution >= 4 is 11.6 Å². The molecule has 4 rings (SSSR count). The van der Waals surface area contributed by atoms with E-state index in [-0.39, 0.29) is 30.0 Å². The number of halogens is 1. The molecule has 2 unspecified atom stereocenters. The molecule has 1 heterocycles. The fourth-order valence-corrected chi connectivity index (χ4v) is 4.11. The number of carbonyl (C=O) groups excluding carboxylic acids is 1. The van der Waals surface area contributed by atoms with E-state index in [1.807, 2.05) is 30.3 Å². The van der Waals surface area contributed by atoms with Crippen LogP contribution in [-0.4, -0.2) is 41.3 Å². The number of fused-ring (bicyclic) bond motifs is 1. The number of aliphatic hydroxyl groups excluding tert-OH is 1. The van der Waals surface area contributed by atoms with Crippen LogP contribution in [0.25, 0.3) is 0 Å². The zero-order valence-electron chi connectivity index (χ0n) is 16.7. The maximum absolute atomic E-state index is 14.7. The molecule has 2 aliphatic rings. The number of hydrogen-bond donors (Lipinski definition) is 3. The number of aliphatic hydroxyl groups is 1. The molecule has 2 atom stereocenters. The minimum atomic E-state index is -0.557. The van der Waals surface area contributed by atoms with Gasteiger partial charge in [-0.2, -0.15) is 0 Å². The molecular weight excluding hydrogens is 385 g/mol. The quantitative estimate of drug-likeness (QED) is 0.680. The zero-order chi connectivity index (χ0) is 21.1. The Kier molecular flexibility index (Phi) is 6.01. The Labute approximate surface area is 175 Å². The van der Waals surface area contributed by atoms with Crippen molar-refractivity contribution in [3.8, 4) is 5.75 Å². The summed E-state index contributed by atoms with van der Waals surface area (Å²) < 4.78 is 20.2. The minimum Gasteiger partial charge on any atom is -0.469 e. The molecule has 0 saturated heterocycles. The largest absolute Gasteiger partial charge is 0.469 e. The molecule has 7 heteroatoms. The Bertz CT molecular complexity index is 945. The van der Waals surface area contributed by atoms with E-state index in [4.69, 9.17) is 10.5 Å². The van der Waals surface area contributed by atoms with Gasteiger partial charge >= 0.3 is 0 Å². The molecule has 30 heavy (non-hydrogen) atoms. The fourth-order valence-electron chi connectivity index (χ4n) is 4.11. The maximum atomic E-state index is 14.7. The Morgan fingerprint density at radius 1 is 1.23 bits per heavy atom. The highest BCUT2D eigenvalue weighted by molar-refractivity contribution is 5.98. The Hall–Kier alpha value is -2.90. The number of ether oxygens (including phenoxy) is 1. The van der Waals surface area contributed by atoms with Gasteiger partial charge in [0.05, 0.1) is 17.7 Å². The SMILES string of the molecule is NC/C=C\Nc1ccc(Cc2cc(F)c3c(c2)C(=O)N(C2CCCC2O)CO3)cc1. The van der Waals surface area contributed by atoms with Crippen LogP contribution >= 0.6 is 0 Å². The van der Waals surface area contributed by atoms with Crippen molar-refractivity contribution in [2.24, 2.45) is 5.73 Å². The van der Waals surface area contributed by atoms with E-state index in [1.54, 1.807) is 12.3 Å². The molecule has 4 N–H and O–H groups in total. The summed E-state index contributed by atoms with van der Waals surface area (Å²) in [5.41, 5.74) is 8.26. The van der Waals surface area contributed by atoms with Gasteiger partial charge in [0, 0.05) is 12.2 Å². The average molecular weight is 411 g/mol. The summed E-state index contributed by atoms with van der Waals surface area (Å²) in [4.78, 5) is 14.5. The standard InChI is InChI=1S/C23H26FN3O3/c24-19-13-16(11-15-5-7-17(8-6-15)26-10-2-9-25)12-18-22(19)30-14-27(23(18)29)20-3-1-4-21(20)28/h2,5-8,10,12-13,20-21,26,28H,1,3-4,9,11,14,25H2/b10-2-. The van der Waals surface area contributed by atoms with E-state index in [0.717, 1.165) is 24.1 Å². The van der Waals surface area contributed by atoms with Gasteiger partial charge in [-0.1, -0.05) is 18.2 Å². The molecule has 158 valence electrons. The monoisotopic (exact) mass is 411 g/mol. The van der Waals surface area contributed by atoms with E-state index >= 15 is 0 Å². The lowest BCUT2D eigenvalue weighted by Gasteiger charge is -2.35. The fraction of sp³-hybridized carbons (Fsp3) is 0.348. The molecule has 0 aromatic heterocycles. The van der Waals surface area contributed by atoms with Gasteiger partial charge < -0.3 is 20.9 Å². The van der Waals surface area contributed by atoms with Gasteiger partial charge in [0.15, 0.2) is 18.3 Å². The van der Waals surface area contributed by atoms with Crippen LogP contribution in [0.1, 0.15) is 40.7 Å². The number of nitrogens with one attached hydrogen (secondary N) is 1. The van der Waals surface area contributed by atoms with E-state index in [2.05, 4.69) is 5.32 Å². The smallest absolute Gasteiger partial charge is 0.260 e. The summed E-state index contributed by atoms with van der Waals surface area (Å²) in [5, 5.41) is 13.3. The van der Waals surface area contributed by atoms with Crippen LogP contribution in [0, 0.1) is 5.82 Å². The van der Waals surface area contributed by atoms with E-state index in [9.17, 15) is 14.3 Å². The molecule has 0 bridgehead atoms. The second-order valence-corrected chi connectivity index (χ2v) is 7.72. The molecule has 1 aliphatic carbocycles. The number of carbonyl (C=O) groups is 1. The number of rotatable bonds is 6. The van der Waals surface area contributed by atoms with Crippen molar-refractivity contribution in [3.05, 3.63) is 71.2 Å². The molecule has 2 aromatic rings. The van der Waals surface area contributed by atoms with E-state index in [0.29, 0.717) is 24.9 Å². The summed E-state index contributed by atoms with van der Waals surface area (Å²) >= 11 is 0. The van der Waals surface area contributed by atoms with Crippen LogP contribution in [0.5, 0.6) is 5.75 Å². The lowest BCUT2D eigenvalue weighted by atomic mass is 10.00. The Morgan fingerprint density at radius 3 is 2.73 bits per heavy atom. The normalized spacial score (nSPS) is 21.0.